The zero-order valence-corrected chi connectivity index (χ0v) is 12.7. The monoisotopic (exact) mass is 322 g/mol. The van der Waals surface area contributed by atoms with Gasteiger partial charge in [-0.25, -0.2) is 4.98 Å². The first-order valence-corrected chi connectivity index (χ1v) is 6.82. The number of ether oxygens (including phenoxy) is 1. The highest BCUT2D eigenvalue weighted by molar-refractivity contribution is 9.10. The summed E-state index contributed by atoms with van der Waals surface area (Å²) in [6.07, 6.45) is 3.21. The molecule has 2 aromatic rings. The summed E-state index contributed by atoms with van der Waals surface area (Å²) in [5.41, 5.74) is 1.90. The van der Waals surface area contributed by atoms with Crippen molar-refractivity contribution in [3.63, 3.8) is 0 Å². The molecule has 0 aliphatic carbocycles. The van der Waals surface area contributed by atoms with Crippen LogP contribution in [0.5, 0.6) is 11.6 Å². The van der Waals surface area contributed by atoms with Crippen molar-refractivity contribution < 1.29 is 4.74 Å². The molecule has 0 spiro atoms. The lowest BCUT2D eigenvalue weighted by Gasteiger charge is -2.09. The van der Waals surface area contributed by atoms with E-state index < -0.39 is 0 Å². The molecule has 100 valence electrons. The number of benzene rings is 1. The Morgan fingerprint density at radius 3 is 2.53 bits per heavy atom. The van der Waals surface area contributed by atoms with Crippen molar-refractivity contribution in [3.8, 4) is 11.6 Å². The van der Waals surface area contributed by atoms with Gasteiger partial charge in [0.25, 0.3) is 5.88 Å². The first-order valence-electron chi connectivity index (χ1n) is 6.03. The standard InChI is InChI=1S/C14H15BrN2O2/c1-4-17-6-5-16-13(14(17)18)19-11-7-9(2)12(15)10(3)8-11/h5-8H,4H2,1-3H3. The molecule has 5 heteroatoms. The summed E-state index contributed by atoms with van der Waals surface area (Å²) in [5.74, 6) is 0.724. The smallest absolute Gasteiger partial charge is 0.313 e. The fourth-order valence-electron chi connectivity index (χ4n) is 1.82. The third-order valence-electron chi connectivity index (χ3n) is 2.85. The van der Waals surface area contributed by atoms with E-state index in [2.05, 4.69) is 20.9 Å². The number of hydrogen-bond acceptors (Lipinski definition) is 3. The summed E-state index contributed by atoms with van der Waals surface area (Å²) >= 11 is 3.50. The number of aromatic nitrogens is 2. The molecule has 19 heavy (non-hydrogen) atoms. The second kappa shape index (κ2) is 5.57. The summed E-state index contributed by atoms with van der Waals surface area (Å²) in [6, 6.07) is 3.75. The maximum Gasteiger partial charge on any atom is 0.313 e. The second-order valence-corrected chi connectivity index (χ2v) is 5.09. The Morgan fingerprint density at radius 1 is 1.32 bits per heavy atom. The van der Waals surface area contributed by atoms with Crippen LogP contribution in [0.2, 0.25) is 0 Å². The Hall–Kier alpha value is -1.62. The predicted octanol–water partition coefficient (Wildman–Crippen LogP) is 3.43. The van der Waals surface area contributed by atoms with Crippen LogP contribution in [0.1, 0.15) is 18.1 Å². The lowest BCUT2D eigenvalue weighted by Crippen LogP contribution is -2.20. The van der Waals surface area contributed by atoms with Crippen LogP contribution in [0.15, 0.2) is 33.8 Å². The van der Waals surface area contributed by atoms with Crippen LogP contribution in [-0.4, -0.2) is 9.55 Å². The maximum atomic E-state index is 12.0. The van der Waals surface area contributed by atoms with Gasteiger partial charge in [-0.1, -0.05) is 15.9 Å². The second-order valence-electron chi connectivity index (χ2n) is 4.30. The van der Waals surface area contributed by atoms with Crippen molar-refractivity contribution in [2.75, 3.05) is 0 Å². The highest BCUT2D eigenvalue weighted by Gasteiger charge is 2.09. The molecule has 0 bridgehead atoms. The van der Waals surface area contributed by atoms with Gasteiger partial charge in [0.15, 0.2) is 0 Å². The normalized spacial score (nSPS) is 10.5. The molecule has 1 aromatic heterocycles. The average Bonchev–Trinajstić information content (AvgIpc) is 2.38. The summed E-state index contributed by atoms with van der Waals surface area (Å²) in [6.45, 7) is 6.45. The van der Waals surface area contributed by atoms with E-state index >= 15 is 0 Å². The van der Waals surface area contributed by atoms with Crippen molar-refractivity contribution in [1.29, 1.82) is 0 Å². The molecule has 0 saturated heterocycles. The van der Waals surface area contributed by atoms with Crippen molar-refractivity contribution in [3.05, 3.63) is 50.5 Å². The Morgan fingerprint density at radius 2 is 1.95 bits per heavy atom. The molecule has 2 rings (SSSR count). The van der Waals surface area contributed by atoms with Gasteiger partial charge in [0, 0.05) is 23.4 Å². The number of halogens is 1. The molecule has 0 atom stereocenters. The van der Waals surface area contributed by atoms with E-state index in [4.69, 9.17) is 4.74 Å². The van der Waals surface area contributed by atoms with Crippen molar-refractivity contribution in [1.82, 2.24) is 9.55 Å². The van der Waals surface area contributed by atoms with E-state index in [0.717, 1.165) is 15.6 Å². The van der Waals surface area contributed by atoms with Crippen LogP contribution in [0.4, 0.5) is 0 Å². The van der Waals surface area contributed by atoms with E-state index in [9.17, 15) is 4.79 Å². The van der Waals surface area contributed by atoms with E-state index in [1.165, 1.54) is 0 Å². The Bertz CT molecular complexity index is 642. The predicted molar refractivity (Wildman–Crippen MR) is 77.9 cm³/mol. The molecule has 4 nitrogen and oxygen atoms in total. The van der Waals surface area contributed by atoms with Crippen LogP contribution in [0.25, 0.3) is 0 Å². The van der Waals surface area contributed by atoms with Crippen LogP contribution < -0.4 is 10.3 Å². The molecule has 0 unspecified atom stereocenters. The van der Waals surface area contributed by atoms with Crippen LogP contribution in [-0.2, 0) is 6.54 Å². The summed E-state index contributed by atoms with van der Waals surface area (Å²) in [5, 5.41) is 0. The van der Waals surface area contributed by atoms with Gasteiger partial charge < -0.3 is 9.30 Å². The van der Waals surface area contributed by atoms with Gasteiger partial charge in [-0.3, -0.25) is 4.79 Å². The zero-order chi connectivity index (χ0) is 14.0. The fraction of sp³-hybridized carbons (Fsp3) is 0.286. The average molecular weight is 323 g/mol. The first kappa shape index (κ1) is 13.8. The van der Waals surface area contributed by atoms with Crippen molar-refractivity contribution in [2.45, 2.75) is 27.3 Å². The van der Waals surface area contributed by atoms with Gasteiger partial charge in [-0.2, -0.15) is 0 Å². The molecular formula is C14H15BrN2O2. The molecule has 0 N–H and O–H groups in total. The topological polar surface area (TPSA) is 44.1 Å². The van der Waals surface area contributed by atoms with Crippen LogP contribution in [0.3, 0.4) is 0 Å². The van der Waals surface area contributed by atoms with E-state index in [0.29, 0.717) is 12.3 Å². The largest absolute Gasteiger partial charge is 0.435 e. The van der Waals surface area contributed by atoms with Crippen LogP contribution in [0, 0.1) is 13.8 Å². The van der Waals surface area contributed by atoms with Gasteiger partial charge in [0.2, 0.25) is 0 Å². The van der Waals surface area contributed by atoms with E-state index in [-0.39, 0.29) is 11.4 Å². The third kappa shape index (κ3) is 2.87. The van der Waals surface area contributed by atoms with Gasteiger partial charge in [0.05, 0.1) is 0 Å². The minimum Gasteiger partial charge on any atom is -0.435 e. The minimum absolute atomic E-state index is 0.102. The van der Waals surface area contributed by atoms with Gasteiger partial charge in [-0.15, -0.1) is 0 Å². The van der Waals surface area contributed by atoms with Gasteiger partial charge in [-0.05, 0) is 44.0 Å². The number of aryl methyl sites for hydroxylation is 3. The van der Waals surface area contributed by atoms with Crippen molar-refractivity contribution in [2.24, 2.45) is 0 Å². The molecule has 1 aromatic carbocycles. The SMILES string of the molecule is CCn1ccnc(Oc2cc(C)c(Br)c(C)c2)c1=O. The highest BCUT2D eigenvalue weighted by Crippen LogP contribution is 2.27. The fourth-order valence-corrected chi connectivity index (χ4v) is 2.05. The third-order valence-corrected chi connectivity index (χ3v) is 4.10. The lowest BCUT2D eigenvalue weighted by atomic mass is 10.1. The molecule has 0 aliphatic heterocycles. The van der Waals surface area contributed by atoms with Gasteiger partial charge in [0.1, 0.15) is 5.75 Å². The Balaban J connectivity index is 2.39. The van der Waals surface area contributed by atoms with Gasteiger partial charge >= 0.3 is 5.56 Å². The highest BCUT2D eigenvalue weighted by atomic mass is 79.9. The molecule has 0 radical (unpaired) electrons. The summed E-state index contributed by atoms with van der Waals surface area (Å²) in [7, 11) is 0. The van der Waals surface area contributed by atoms with Crippen LogP contribution >= 0.6 is 15.9 Å². The Kier molecular flexibility index (Phi) is 4.04. The molecule has 0 aliphatic rings. The number of hydrogen-bond donors (Lipinski definition) is 0. The summed E-state index contributed by atoms with van der Waals surface area (Å²) < 4.78 is 8.21. The molecule has 1 heterocycles. The first-order chi connectivity index (χ1) is 9.02. The quantitative estimate of drug-likeness (QED) is 0.869. The maximum absolute atomic E-state index is 12.0. The summed E-state index contributed by atoms with van der Waals surface area (Å²) in [4.78, 5) is 16.0. The van der Waals surface area contributed by atoms with Crippen molar-refractivity contribution >= 4 is 15.9 Å². The minimum atomic E-state index is -0.219. The molecule has 0 fully saturated rings. The number of rotatable bonds is 3. The zero-order valence-electron chi connectivity index (χ0n) is 11.1. The number of nitrogens with zero attached hydrogens (tertiary/aromatic N) is 2. The lowest BCUT2D eigenvalue weighted by molar-refractivity contribution is 0.445. The van der Waals surface area contributed by atoms with E-state index in [1.54, 1.807) is 17.0 Å². The molecule has 0 saturated carbocycles. The molecular weight excluding hydrogens is 308 g/mol. The van der Waals surface area contributed by atoms with E-state index in [1.807, 2.05) is 32.9 Å². The Labute approximate surface area is 120 Å². The molecule has 0 amide bonds.